The summed E-state index contributed by atoms with van der Waals surface area (Å²) in [6.07, 6.45) is 0.401. The molecular weight excluding hydrogens is 519 g/mol. The van der Waals surface area contributed by atoms with Gasteiger partial charge in [-0.05, 0) is 82.5 Å². The van der Waals surface area contributed by atoms with Crippen molar-refractivity contribution in [3.63, 3.8) is 0 Å². The molecule has 4 rings (SSSR count). The number of carbonyl (C=O) groups is 2. The quantitative estimate of drug-likeness (QED) is 0.435. The molecule has 1 aliphatic heterocycles. The maximum Gasteiger partial charge on any atom is 0.407 e. The molecule has 7 heteroatoms. The van der Waals surface area contributed by atoms with Gasteiger partial charge in [-0.1, -0.05) is 36.4 Å². The van der Waals surface area contributed by atoms with E-state index in [0.29, 0.717) is 49.5 Å². The Kier molecular flexibility index (Phi) is 6.94. The van der Waals surface area contributed by atoms with Gasteiger partial charge in [0, 0.05) is 22.3 Å². The first-order valence-electron chi connectivity index (χ1n) is 10.4. The fourth-order valence-electron chi connectivity index (χ4n) is 3.73. The molecule has 6 nitrogen and oxygen atoms in total. The summed E-state index contributed by atoms with van der Waals surface area (Å²) in [5.41, 5.74) is 4.36. The van der Waals surface area contributed by atoms with Crippen LogP contribution in [0.2, 0.25) is 0 Å². The molecule has 0 aliphatic carbocycles. The van der Waals surface area contributed by atoms with E-state index in [2.05, 4.69) is 27.9 Å². The maximum absolute atomic E-state index is 13.1. The van der Waals surface area contributed by atoms with Crippen LogP contribution in [-0.2, 0) is 19.4 Å². The van der Waals surface area contributed by atoms with Crippen LogP contribution in [0.15, 0.2) is 66.7 Å². The maximum atomic E-state index is 13.1. The van der Waals surface area contributed by atoms with E-state index in [1.54, 1.807) is 6.07 Å². The second kappa shape index (κ2) is 10.0. The van der Waals surface area contributed by atoms with E-state index in [1.807, 2.05) is 60.7 Å². The predicted octanol–water partition coefficient (Wildman–Crippen LogP) is 5.20. The summed E-state index contributed by atoms with van der Waals surface area (Å²) < 4.78 is 6.96. The molecule has 2 N–H and O–H groups in total. The molecular formula is C25H23IN2O4. The monoisotopic (exact) mass is 542 g/mol. The number of anilines is 1. The van der Waals surface area contributed by atoms with Crippen LogP contribution in [0.1, 0.15) is 27.0 Å². The number of rotatable bonds is 5. The van der Waals surface area contributed by atoms with Gasteiger partial charge in [-0.15, -0.1) is 0 Å². The fourth-order valence-corrected chi connectivity index (χ4v) is 4.19. The Morgan fingerprint density at radius 3 is 2.47 bits per heavy atom. The van der Waals surface area contributed by atoms with Crippen LogP contribution < -0.4 is 10.1 Å². The van der Waals surface area contributed by atoms with E-state index in [4.69, 9.17) is 4.74 Å². The van der Waals surface area contributed by atoms with Crippen molar-refractivity contribution >= 4 is 40.3 Å². The highest BCUT2D eigenvalue weighted by atomic mass is 127. The van der Waals surface area contributed by atoms with Crippen molar-refractivity contribution in [2.24, 2.45) is 0 Å². The molecule has 0 bridgehead atoms. The summed E-state index contributed by atoms with van der Waals surface area (Å²) in [5, 5.41) is 12.2. The van der Waals surface area contributed by atoms with Gasteiger partial charge in [-0.3, -0.25) is 4.79 Å². The average molecular weight is 542 g/mol. The molecule has 0 saturated heterocycles. The standard InChI is InChI=1S/C25H23IN2O4/c26-20-7-9-22(23(15-20)32-16-17-4-2-1-3-5-17)24(29)27-21-8-6-18-10-12-28(25(30)31)13-11-19(18)14-21/h1-9,14-15H,10-13,16H2,(H,27,29)(H,30,31). The summed E-state index contributed by atoms with van der Waals surface area (Å²) in [5.74, 6) is 0.287. The third-order valence-electron chi connectivity index (χ3n) is 5.46. The molecule has 32 heavy (non-hydrogen) atoms. The SMILES string of the molecule is O=C(Nc1ccc2c(c1)CCN(C(=O)O)CC2)c1ccc(I)cc1OCc1ccccc1. The van der Waals surface area contributed by atoms with Gasteiger partial charge in [0.05, 0.1) is 5.56 Å². The molecule has 0 aromatic heterocycles. The van der Waals surface area contributed by atoms with Gasteiger partial charge in [-0.25, -0.2) is 4.79 Å². The minimum absolute atomic E-state index is 0.245. The van der Waals surface area contributed by atoms with Crippen molar-refractivity contribution < 1.29 is 19.4 Å². The summed E-state index contributed by atoms with van der Waals surface area (Å²) >= 11 is 2.20. The highest BCUT2D eigenvalue weighted by molar-refractivity contribution is 14.1. The minimum Gasteiger partial charge on any atom is -0.488 e. The minimum atomic E-state index is -0.895. The highest BCUT2D eigenvalue weighted by Crippen LogP contribution is 2.26. The molecule has 1 heterocycles. The van der Waals surface area contributed by atoms with Crippen LogP contribution in [-0.4, -0.2) is 35.1 Å². The van der Waals surface area contributed by atoms with Crippen molar-refractivity contribution in [3.8, 4) is 5.75 Å². The lowest BCUT2D eigenvalue weighted by Gasteiger charge is -2.15. The molecule has 0 spiro atoms. The van der Waals surface area contributed by atoms with Crippen LogP contribution in [0.5, 0.6) is 5.75 Å². The van der Waals surface area contributed by atoms with E-state index >= 15 is 0 Å². The number of ether oxygens (including phenoxy) is 1. The first-order chi connectivity index (χ1) is 15.5. The van der Waals surface area contributed by atoms with E-state index in [9.17, 15) is 14.7 Å². The Balaban J connectivity index is 1.49. The number of amides is 2. The van der Waals surface area contributed by atoms with Crippen molar-refractivity contribution in [2.75, 3.05) is 18.4 Å². The molecule has 3 aromatic rings. The second-order valence-electron chi connectivity index (χ2n) is 7.62. The highest BCUT2D eigenvalue weighted by Gasteiger charge is 2.19. The molecule has 0 unspecified atom stereocenters. The lowest BCUT2D eigenvalue weighted by molar-refractivity contribution is 0.102. The first kappa shape index (κ1) is 22.1. The zero-order valence-corrected chi connectivity index (χ0v) is 19.5. The van der Waals surface area contributed by atoms with Crippen LogP contribution >= 0.6 is 22.6 Å². The van der Waals surface area contributed by atoms with Crippen LogP contribution in [0.25, 0.3) is 0 Å². The van der Waals surface area contributed by atoms with Gasteiger partial charge in [0.15, 0.2) is 0 Å². The topological polar surface area (TPSA) is 78.9 Å². The zero-order valence-electron chi connectivity index (χ0n) is 17.4. The number of fused-ring (bicyclic) bond motifs is 1. The number of hydrogen-bond donors (Lipinski definition) is 2. The summed E-state index contributed by atoms with van der Waals surface area (Å²) in [7, 11) is 0. The van der Waals surface area contributed by atoms with Crippen LogP contribution in [0, 0.1) is 3.57 Å². The zero-order chi connectivity index (χ0) is 22.5. The lowest BCUT2D eigenvalue weighted by Crippen LogP contribution is -2.31. The van der Waals surface area contributed by atoms with Crippen molar-refractivity contribution in [1.29, 1.82) is 0 Å². The molecule has 0 atom stereocenters. The third kappa shape index (κ3) is 5.40. The van der Waals surface area contributed by atoms with Gasteiger partial charge in [0.2, 0.25) is 0 Å². The Morgan fingerprint density at radius 2 is 1.72 bits per heavy atom. The lowest BCUT2D eigenvalue weighted by atomic mass is 10.0. The molecule has 0 fully saturated rings. The van der Waals surface area contributed by atoms with Crippen molar-refractivity contribution in [2.45, 2.75) is 19.4 Å². The number of carboxylic acid groups (broad SMARTS) is 1. The number of nitrogens with one attached hydrogen (secondary N) is 1. The third-order valence-corrected chi connectivity index (χ3v) is 6.13. The first-order valence-corrected chi connectivity index (χ1v) is 11.4. The molecule has 0 saturated carbocycles. The van der Waals surface area contributed by atoms with Gasteiger partial charge < -0.3 is 20.1 Å². The smallest absolute Gasteiger partial charge is 0.407 e. The van der Waals surface area contributed by atoms with Gasteiger partial charge in [0.1, 0.15) is 12.4 Å². The Labute approximate surface area is 200 Å². The predicted molar refractivity (Wildman–Crippen MR) is 131 cm³/mol. The molecule has 0 radical (unpaired) electrons. The summed E-state index contributed by atoms with van der Waals surface area (Å²) in [6.45, 7) is 1.31. The summed E-state index contributed by atoms with van der Waals surface area (Å²) in [4.78, 5) is 25.8. The normalized spacial score (nSPS) is 13.1. The molecule has 1 aliphatic rings. The average Bonchev–Trinajstić information content (AvgIpc) is 3.01. The van der Waals surface area contributed by atoms with Crippen molar-refractivity contribution in [3.05, 3.63) is 92.6 Å². The largest absolute Gasteiger partial charge is 0.488 e. The molecule has 2 amide bonds. The second-order valence-corrected chi connectivity index (χ2v) is 8.87. The Bertz CT molecular complexity index is 1130. The number of benzene rings is 3. The Hall–Kier alpha value is -3.07. The van der Waals surface area contributed by atoms with E-state index in [1.165, 1.54) is 4.90 Å². The van der Waals surface area contributed by atoms with Gasteiger partial charge >= 0.3 is 6.09 Å². The van der Waals surface area contributed by atoms with Crippen LogP contribution in [0.4, 0.5) is 10.5 Å². The molecule has 3 aromatic carbocycles. The van der Waals surface area contributed by atoms with E-state index < -0.39 is 6.09 Å². The summed E-state index contributed by atoms with van der Waals surface area (Å²) in [6, 6.07) is 21.1. The number of hydrogen-bond acceptors (Lipinski definition) is 3. The van der Waals surface area contributed by atoms with Crippen LogP contribution in [0.3, 0.4) is 0 Å². The van der Waals surface area contributed by atoms with Gasteiger partial charge in [-0.2, -0.15) is 0 Å². The number of carbonyl (C=O) groups excluding carboxylic acids is 1. The number of nitrogens with zero attached hydrogens (tertiary/aromatic N) is 1. The van der Waals surface area contributed by atoms with Gasteiger partial charge in [0.25, 0.3) is 5.91 Å². The van der Waals surface area contributed by atoms with Crippen molar-refractivity contribution in [1.82, 2.24) is 4.90 Å². The van der Waals surface area contributed by atoms with E-state index in [0.717, 1.165) is 20.3 Å². The molecule has 164 valence electrons. The van der Waals surface area contributed by atoms with E-state index in [-0.39, 0.29) is 5.91 Å². The number of halogens is 1. The fraction of sp³-hybridized carbons (Fsp3) is 0.200. The Morgan fingerprint density at radius 1 is 0.969 bits per heavy atom.